The van der Waals surface area contributed by atoms with Crippen LogP contribution >= 0.6 is 0 Å². The number of hydrogen-bond donors (Lipinski definition) is 0. The molecule has 7 heteroatoms. The maximum absolute atomic E-state index is 12.7. The molecule has 0 spiro atoms. The van der Waals surface area contributed by atoms with Gasteiger partial charge in [0.25, 0.3) is 0 Å². The maximum atomic E-state index is 12.7. The molecule has 2 aromatic heterocycles. The molecule has 140 valence electrons. The Morgan fingerprint density at radius 1 is 1.22 bits per heavy atom. The molecule has 1 saturated carbocycles. The molecule has 1 aliphatic heterocycles. The molecule has 2 aliphatic rings. The standard InChI is InChI=1S/C20H20N2O5/c23-17(8-9-18(24)25)22-20(16-7-3-11-27-16)15-6-1-4-13(19(15)21-22)12-14-5-2-10-26-14/h2-3,5,7,10-12,15,20H,1,4,6,8-9H2,(H,24,25)/p-1/b13-12+/t15-,20+/m0/s1. The van der Waals surface area contributed by atoms with Gasteiger partial charge >= 0.3 is 0 Å². The summed E-state index contributed by atoms with van der Waals surface area (Å²) in [5.74, 6) is -0.192. The number of hydrazone groups is 1. The third-order valence-corrected chi connectivity index (χ3v) is 4.99. The number of carbonyl (C=O) groups excluding carboxylic acids is 2. The van der Waals surface area contributed by atoms with Crippen molar-refractivity contribution in [3.05, 3.63) is 53.9 Å². The van der Waals surface area contributed by atoms with Crippen LogP contribution < -0.4 is 5.11 Å². The van der Waals surface area contributed by atoms with E-state index in [0.29, 0.717) is 5.76 Å². The SMILES string of the molecule is O=C([O-])CCC(=O)N1N=C2/C(=C/c3ccco3)CCC[C@@H]2[C@@H]1c1ccco1. The Labute approximate surface area is 155 Å². The average molecular weight is 367 g/mol. The number of carboxylic acid groups (broad SMARTS) is 1. The van der Waals surface area contributed by atoms with Gasteiger partial charge in [-0.3, -0.25) is 4.79 Å². The van der Waals surface area contributed by atoms with E-state index in [4.69, 9.17) is 8.83 Å². The van der Waals surface area contributed by atoms with E-state index in [1.807, 2.05) is 24.3 Å². The molecule has 4 rings (SSSR count). The van der Waals surface area contributed by atoms with Crippen LogP contribution in [0.25, 0.3) is 6.08 Å². The van der Waals surface area contributed by atoms with Crippen LogP contribution in [0.1, 0.15) is 49.7 Å². The number of carboxylic acids is 1. The average Bonchev–Trinajstić information content (AvgIpc) is 3.39. The summed E-state index contributed by atoms with van der Waals surface area (Å²) in [7, 11) is 0. The Morgan fingerprint density at radius 2 is 2.04 bits per heavy atom. The van der Waals surface area contributed by atoms with Crippen LogP contribution in [-0.2, 0) is 9.59 Å². The molecule has 0 saturated heterocycles. The van der Waals surface area contributed by atoms with Gasteiger partial charge in [-0.1, -0.05) is 0 Å². The molecule has 2 aromatic rings. The molecule has 27 heavy (non-hydrogen) atoms. The first-order chi connectivity index (χ1) is 13.1. The summed E-state index contributed by atoms with van der Waals surface area (Å²) < 4.78 is 11.0. The van der Waals surface area contributed by atoms with E-state index in [1.165, 1.54) is 5.01 Å². The van der Waals surface area contributed by atoms with Gasteiger partial charge in [0.1, 0.15) is 17.6 Å². The quantitative estimate of drug-likeness (QED) is 0.808. The van der Waals surface area contributed by atoms with Crippen molar-refractivity contribution in [2.45, 2.75) is 38.1 Å². The van der Waals surface area contributed by atoms with Crippen molar-refractivity contribution < 1.29 is 23.5 Å². The van der Waals surface area contributed by atoms with E-state index in [9.17, 15) is 14.7 Å². The number of aliphatic carboxylic acids is 1. The third-order valence-electron chi connectivity index (χ3n) is 4.99. The van der Waals surface area contributed by atoms with Gasteiger partial charge in [-0.2, -0.15) is 5.10 Å². The molecule has 0 N–H and O–H groups in total. The molecule has 0 aromatic carbocycles. The predicted molar refractivity (Wildman–Crippen MR) is 94.0 cm³/mol. The smallest absolute Gasteiger partial charge is 0.243 e. The van der Waals surface area contributed by atoms with Crippen molar-refractivity contribution >= 4 is 23.7 Å². The number of carbonyl (C=O) groups is 2. The molecule has 2 atom stereocenters. The van der Waals surface area contributed by atoms with Crippen LogP contribution in [0.2, 0.25) is 0 Å². The predicted octanol–water partition coefficient (Wildman–Crippen LogP) is 2.53. The topological polar surface area (TPSA) is 99.1 Å². The summed E-state index contributed by atoms with van der Waals surface area (Å²) in [6.07, 6.45) is 7.36. The zero-order chi connectivity index (χ0) is 18.8. The second-order valence-electron chi connectivity index (χ2n) is 6.74. The highest BCUT2D eigenvalue weighted by molar-refractivity contribution is 6.07. The van der Waals surface area contributed by atoms with Crippen molar-refractivity contribution in [1.29, 1.82) is 0 Å². The van der Waals surface area contributed by atoms with Crippen LogP contribution in [0, 0.1) is 5.92 Å². The highest BCUT2D eigenvalue weighted by Crippen LogP contribution is 2.44. The summed E-state index contributed by atoms with van der Waals surface area (Å²) in [5, 5.41) is 16.8. The molecule has 1 amide bonds. The minimum Gasteiger partial charge on any atom is -0.550 e. The van der Waals surface area contributed by atoms with Crippen molar-refractivity contribution in [2.24, 2.45) is 11.0 Å². The Morgan fingerprint density at radius 3 is 2.74 bits per heavy atom. The first-order valence-electron chi connectivity index (χ1n) is 9.02. The van der Waals surface area contributed by atoms with Crippen LogP contribution in [0.5, 0.6) is 0 Å². The zero-order valence-electron chi connectivity index (χ0n) is 14.7. The second-order valence-corrected chi connectivity index (χ2v) is 6.74. The molecular weight excluding hydrogens is 348 g/mol. The first-order valence-corrected chi connectivity index (χ1v) is 9.02. The normalized spacial score (nSPS) is 23.3. The van der Waals surface area contributed by atoms with Crippen LogP contribution in [0.4, 0.5) is 0 Å². The van der Waals surface area contributed by atoms with Crippen LogP contribution in [0.15, 0.2) is 56.3 Å². The highest BCUT2D eigenvalue weighted by Gasteiger charge is 2.44. The number of rotatable bonds is 5. The van der Waals surface area contributed by atoms with Gasteiger partial charge in [0, 0.05) is 18.3 Å². The van der Waals surface area contributed by atoms with Crippen LogP contribution in [-0.4, -0.2) is 22.6 Å². The fourth-order valence-corrected chi connectivity index (χ4v) is 3.81. The molecule has 0 unspecified atom stereocenters. The van der Waals surface area contributed by atoms with Gasteiger partial charge in [0.2, 0.25) is 5.91 Å². The Hall–Kier alpha value is -3.09. The largest absolute Gasteiger partial charge is 0.550 e. The van der Waals surface area contributed by atoms with Crippen molar-refractivity contribution in [3.8, 4) is 0 Å². The number of amides is 1. The molecule has 3 heterocycles. The fourth-order valence-electron chi connectivity index (χ4n) is 3.81. The Balaban J connectivity index is 1.68. The Kier molecular flexibility index (Phi) is 4.66. The molecule has 0 bridgehead atoms. The summed E-state index contributed by atoms with van der Waals surface area (Å²) in [5.41, 5.74) is 1.88. The summed E-state index contributed by atoms with van der Waals surface area (Å²) in [6.45, 7) is 0. The van der Waals surface area contributed by atoms with Gasteiger partial charge < -0.3 is 18.7 Å². The van der Waals surface area contributed by atoms with E-state index >= 15 is 0 Å². The van der Waals surface area contributed by atoms with E-state index in [2.05, 4.69) is 5.10 Å². The lowest BCUT2D eigenvalue weighted by molar-refractivity contribution is -0.305. The summed E-state index contributed by atoms with van der Waals surface area (Å²) in [4.78, 5) is 23.4. The minimum atomic E-state index is -1.25. The second kappa shape index (κ2) is 7.26. The van der Waals surface area contributed by atoms with Gasteiger partial charge in [-0.15, -0.1) is 0 Å². The lowest BCUT2D eigenvalue weighted by Gasteiger charge is -2.27. The number of nitrogens with zero attached hydrogens (tertiary/aromatic N) is 2. The first kappa shape index (κ1) is 17.3. The van der Waals surface area contributed by atoms with Crippen molar-refractivity contribution in [1.82, 2.24) is 5.01 Å². The lowest BCUT2D eigenvalue weighted by Crippen LogP contribution is -2.32. The molecule has 1 fully saturated rings. The molecule has 1 aliphatic carbocycles. The monoisotopic (exact) mass is 367 g/mol. The molecule has 0 radical (unpaired) electrons. The van der Waals surface area contributed by atoms with Crippen molar-refractivity contribution in [2.75, 3.05) is 0 Å². The number of allylic oxidation sites excluding steroid dienone is 1. The Bertz CT molecular complexity index is 880. The van der Waals surface area contributed by atoms with Crippen LogP contribution in [0.3, 0.4) is 0 Å². The summed E-state index contributed by atoms with van der Waals surface area (Å²) >= 11 is 0. The minimum absolute atomic E-state index is 0.0121. The third kappa shape index (κ3) is 3.45. The number of furan rings is 2. The van der Waals surface area contributed by atoms with E-state index in [0.717, 1.165) is 36.3 Å². The maximum Gasteiger partial charge on any atom is 0.243 e. The molecule has 7 nitrogen and oxygen atoms in total. The highest BCUT2D eigenvalue weighted by atomic mass is 16.4. The number of hydrogen-bond acceptors (Lipinski definition) is 6. The van der Waals surface area contributed by atoms with Gasteiger partial charge in [0.05, 0.1) is 18.2 Å². The van der Waals surface area contributed by atoms with E-state index < -0.39 is 5.97 Å². The van der Waals surface area contributed by atoms with Crippen molar-refractivity contribution in [3.63, 3.8) is 0 Å². The van der Waals surface area contributed by atoms with Gasteiger partial charge in [-0.05, 0) is 61.6 Å². The molecular formula is C20H19N2O5-. The van der Waals surface area contributed by atoms with Gasteiger partial charge in [-0.25, -0.2) is 5.01 Å². The van der Waals surface area contributed by atoms with E-state index in [1.54, 1.807) is 18.6 Å². The van der Waals surface area contributed by atoms with E-state index in [-0.39, 0.29) is 30.7 Å². The number of fused-ring (bicyclic) bond motifs is 1. The zero-order valence-corrected chi connectivity index (χ0v) is 14.7. The fraction of sp³-hybridized carbons (Fsp3) is 0.350. The summed E-state index contributed by atoms with van der Waals surface area (Å²) in [6, 6.07) is 6.94. The lowest BCUT2D eigenvalue weighted by atomic mass is 9.79. The van der Waals surface area contributed by atoms with Gasteiger partial charge in [0.15, 0.2) is 0 Å².